The lowest BCUT2D eigenvalue weighted by Crippen LogP contribution is -2.26. The minimum Gasteiger partial charge on any atom is -0.492 e. The molecule has 0 bridgehead atoms. The van der Waals surface area contributed by atoms with Crippen molar-refractivity contribution in [3.05, 3.63) is 71.8 Å². The summed E-state index contributed by atoms with van der Waals surface area (Å²) >= 11 is 0. The van der Waals surface area contributed by atoms with Gasteiger partial charge in [-0.1, -0.05) is 30.3 Å². The first kappa shape index (κ1) is 20.7. The molecule has 1 fully saturated rings. The molecule has 0 aliphatic heterocycles. The van der Waals surface area contributed by atoms with Gasteiger partial charge in [0.25, 0.3) is 5.95 Å². The number of pyridine rings is 1. The molecule has 2 heterocycles. The zero-order valence-electron chi connectivity index (χ0n) is 17.6. The molecule has 1 N–H and O–H groups in total. The Kier molecular flexibility index (Phi) is 5.54. The maximum absolute atomic E-state index is 13.6. The number of rotatable bonds is 7. The fraction of sp³-hybridized carbons (Fsp3) is 0.304. The van der Waals surface area contributed by atoms with Gasteiger partial charge in [0, 0.05) is 11.5 Å². The van der Waals surface area contributed by atoms with Gasteiger partial charge < -0.3 is 14.8 Å². The molecule has 7 nitrogen and oxygen atoms in total. The highest BCUT2D eigenvalue weighted by Crippen LogP contribution is 2.55. The fourth-order valence-electron chi connectivity index (χ4n) is 3.77. The Morgan fingerprint density at radius 3 is 2.68 bits per heavy atom. The molecule has 1 saturated carbocycles. The van der Waals surface area contributed by atoms with Crippen molar-refractivity contribution in [3.8, 4) is 11.5 Å². The molecule has 8 heteroatoms. The molecule has 1 aromatic carbocycles. The second-order valence-corrected chi connectivity index (χ2v) is 7.64. The van der Waals surface area contributed by atoms with Crippen LogP contribution in [0.15, 0.2) is 48.8 Å². The minimum absolute atomic E-state index is 0.0268. The normalized spacial score (nSPS) is 19.5. The van der Waals surface area contributed by atoms with Gasteiger partial charge in [-0.25, -0.2) is 15.0 Å². The summed E-state index contributed by atoms with van der Waals surface area (Å²) in [4.78, 5) is 25.2. The lowest BCUT2D eigenvalue weighted by molar-refractivity contribution is -0.117. The molecular formula is C23H23FN4O3. The number of carbonyl (C=O) groups excluding carboxylic acids is 1. The highest BCUT2D eigenvalue weighted by atomic mass is 19.1. The molecule has 1 amide bonds. The third-order valence-electron chi connectivity index (χ3n) is 5.57. The van der Waals surface area contributed by atoms with Gasteiger partial charge in [-0.15, -0.1) is 0 Å². The number of hydrogen-bond acceptors (Lipinski definition) is 6. The highest BCUT2D eigenvalue weighted by Gasteiger charge is 2.60. The molecule has 0 radical (unpaired) electrons. The highest BCUT2D eigenvalue weighted by molar-refractivity contribution is 5.96. The summed E-state index contributed by atoms with van der Waals surface area (Å²) in [6.45, 7) is 4.00. The van der Waals surface area contributed by atoms with Gasteiger partial charge in [-0.3, -0.25) is 4.79 Å². The number of amides is 1. The Bertz CT molecular complexity index is 1110. The van der Waals surface area contributed by atoms with Crippen molar-refractivity contribution in [2.75, 3.05) is 19.0 Å². The number of methoxy groups -OCH3 is 1. The average molecular weight is 422 g/mol. The second kappa shape index (κ2) is 8.29. The molecule has 0 spiro atoms. The number of nitrogens with one attached hydrogen (secondary N) is 1. The predicted octanol–water partition coefficient (Wildman–Crippen LogP) is 3.61. The van der Waals surface area contributed by atoms with Crippen LogP contribution >= 0.6 is 0 Å². The molecule has 0 saturated heterocycles. The minimum atomic E-state index is -0.727. The standard InChI is InChI=1S/C23H23FN4O3/c1-14-20(12-25-15(2)27-14)31-13-23(16-7-5-4-6-8-16)10-18(23)22(29)28-17-9-19(30-3)21(24)26-11-17/h4-9,11-12,18H,10,13H2,1-3H3,(H,28,29)/t18-,23+/m0/s1. The zero-order chi connectivity index (χ0) is 22.0. The van der Waals surface area contributed by atoms with Crippen molar-refractivity contribution >= 4 is 11.6 Å². The van der Waals surface area contributed by atoms with E-state index in [1.807, 2.05) is 44.2 Å². The number of anilines is 1. The van der Waals surface area contributed by atoms with Crippen LogP contribution in [0.5, 0.6) is 11.5 Å². The molecule has 0 unspecified atom stereocenters. The van der Waals surface area contributed by atoms with E-state index in [4.69, 9.17) is 9.47 Å². The van der Waals surface area contributed by atoms with Crippen LogP contribution in [0.3, 0.4) is 0 Å². The van der Waals surface area contributed by atoms with Crippen LogP contribution in [0.25, 0.3) is 0 Å². The van der Waals surface area contributed by atoms with E-state index < -0.39 is 11.4 Å². The largest absolute Gasteiger partial charge is 0.492 e. The van der Waals surface area contributed by atoms with Gasteiger partial charge in [-0.05, 0) is 25.8 Å². The number of benzene rings is 1. The molecular weight excluding hydrogens is 399 g/mol. The van der Waals surface area contributed by atoms with Crippen molar-refractivity contribution in [3.63, 3.8) is 0 Å². The van der Waals surface area contributed by atoms with Crippen LogP contribution in [0.4, 0.5) is 10.1 Å². The fourth-order valence-corrected chi connectivity index (χ4v) is 3.77. The van der Waals surface area contributed by atoms with Gasteiger partial charge in [0.1, 0.15) is 5.82 Å². The van der Waals surface area contributed by atoms with Crippen molar-refractivity contribution < 1.29 is 18.7 Å². The van der Waals surface area contributed by atoms with Crippen LogP contribution < -0.4 is 14.8 Å². The number of carbonyl (C=O) groups is 1. The Morgan fingerprint density at radius 1 is 1.19 bits per heavy atom. The SMILES string of the molecule is COc1cc(NC(=O)[C@@H]2C[C@@]2(COc2cnc(C)nc2C)c2ccccc2)cnc1F. The van der Waals surface area contributed by atoms with Crippen molar-refractivity contribution in [1.29, 1.82) is 0 Å². The number of halogens is 1. The maximum Gasteiger partial charge on any atom is 0.255 e. The van der Waals surface area contributed by atoms with Crippen LogP contribution in [-0.2, 0) is 10.2 Å². The predicted molar refractivity (Wildman–Crippen MR) is 113 cm³/mol. The van der Waals surface area contributed by atoms with Gasteiger partial charge in [-0.2, -0.15) is 4.39 Å². The van der Waals surface area contributed by atoms with Gasteiger partial charge in [0.15, 0.2) is 11.5 Å². The summed E-state index contributed by atoms with van der Waals surface area (Å²) in [5.41, 5.74) is 1.68. The maximum atomic E-state index is 13.6. The van der Waals surface area contributed by atoms with Gasteiger partial charge in [0.05, 0.1) is 43.4 Å². The van der Waals surface area contributed by atoms with Crippen molar-refractivity contribution in [2.45, 2.75) is 25.7 Å². The molecule has 2 aromatic heterocycles. The summed E-state index contributed by atoms with van der Waals surface area (Å²) in [5.74, 6) is 0.0298. The van der Waals surface area contributed by atoms with Gasteiger partial charge in [0.2, 0.25) is 5.91 Å². The second-order valence-electron chi connectivity index (χ2n) is 7.64. The summed E-state index contributed by atoms with van der Waals surface area (Å²) in [6, 6.07) is 11.2. The molecule has 2 atom stereocenters. The van der Waals surface area contributed by atoms with E-state index in [9.17, 15) is 9.18 Å². The van der Waals surface area contributed by atoms with E-state index in [2.05, 4.69) is 20.3 Å². The third-order valence-corrected chi connectivity index (χ3v) is 5.57. The first-order valence-electron chi connectivity index (χ1n) is 9.92. The number of hydrogen-bond donors (Lipinski definition) is 1. The van der Waals surface area contributed by atoms with Crippen LogP contribution in [-0.4, -0.2) is 34.6 Å². The van der Waals surface area contributed by atoms with E-state index in [0.717, 1.165) is 11.3 Å². The summed E-state index contributed by atoms with van der Waals surface area (Å²) < 4.78 is 24.6. The quantitative estimate of drug-likeness (QED) is 0.586. The zero-order valence-corrected chi connectivity index (χ0v) is 17.6. The number of ether oxygens (including phenoxy) is 2. The lowest BCUT2D eigenvalue weighted by atomic mass is 9.93. The van der Waals surface area contributed by atoms with E-state index in [-0.39, 0.29) is 17.6 Å². The van der Waals surface area contributed by atoms with Crippen LogP contribution in [0.2, 0.25) is 0 Å². The molecule has 1 aliphatic carbocycles. The van der Waals surface area contributed by atoms with Gasteiger partial charge >= 0.3 is 0 Å². The topological polar surface area (TPSA) is 86.2 Å². The van der Waals surface area contributed by atoms with E-state index in [1.54, 1.807) is 6.20 Å². The number of aryl methyl sites for hydroxylation is 2. The molecule has 3 aromatic rings. The van der Waals surface area contributed by atoms with E-state index in [0.29, 0.717) is 30.3 Å². The molecule has 4 rings (SSSR count). The Morgan fingerprint density at radius 2 is 1.97 bits per heavy atom. The molecule has 160 valence electrons. The van der Waals surface area contributed by atoms with Crippen molar-refractivity contribution in [1.82, 2.24) is 15.0 Å². The number of nitrogens with zero attached hydrogens (tertiary/aromatic N) is 3. The first-order valence-corrected chi connectivity index (χ1v) is 9.92. The summed E-state index contributed by atoms with van der Waals surface area (Å²) in [7, 11) is 1.35. The monoisotopic (exact) mass is 422 g/mol. The van der Waals surface area contributed by atoms with Crippen LogP contribution in [0, 0.1) is 25.7 Å². The Labute approximate surface area is 179 Å². The Balaban J connectivity index is 1.54. The van der Waals surface area contributed by atoms with Crippen molar-refractivity contribution in [2.24, 2.45) is 5.92 Å². The summed E-state index contributed by atoms with van der Waals surface area (Å²) in [6.07, 6.45) is 3.55. The smallest absolute Gasteiger partial charge is 0.255 e. The average Bonchev–Trinajstić information content (AvgIpc) is 3.51. The van der Waals surface area contributed by atoms with Crippen LogP contribution in [0.1, 0.15) is 23.5 Å². The molecule has 1 aliphatic rings. The van der Waals surface area contributed by atoms with E-state index >= 15 is 0 Å². The number of aromatic nitrogens is 3. The van der Waals surface area contributed by atoms with E-state index in [1.165, 1.54) is 19.4 Å². The third kappa shape index (κ3) is 4.19. The summed E-state index contributed by atoms with van der Waals surface area (Å²) in [5, 5.41) is 2.82. The molecule has 31 heavy (non-hydrogen) atoms. The Hall–Kier alpha value is -3.55. The first-order chi connectivity index (χ1) is 14.9. The lowest BCUT2D eigenvalue weighted by Gasteiger charge is -2.19.